The highest BCUT2D eigenvalue weighted by atomic mass is 14.8. The number of rotatable bonds is 9. The van der Waals surface area contributed by atoms with Crippen LogP contribution in [0.2, 0.25) is 0 Å². The molecule has 52 heavy (non-hydrogen) atoms. The molecule has 0 saturated carbocycles. The number of benzene rings is 7. The van der Waals surface area contributed by atoms with Gasteiger partial charge in [0.25, 0.3) is 0 Å². The molecule has 3 nitrogen and oxygen atoms in total. The molecule has 0 bridgehead atoms. The van der Waals surface area contributed by atoms with Gasteiger partial charge in [0.2, 0.25) is 0 Å². The van der Waals surface area contributed by atoms with Gasteiger partial charge in [-0.15, -0.1) is 0 Å². The van der Waals surface area contributed by atoms with Gasteiger partial charge < -0.3 is 5.73 Å². The normalized spacial score (nSPS) is 15.3. The van der Waals surface area contributed by atoms with Crippen molar-refractivity contribution in [1.82, 2.24) is 0 Å². The van der Waals surface area contributed by atoms with Crippen LogP contribution in [0.1, 0.15) is 54.0 Å². The number of hydrogen-bond donors (Lipinski definition) is 1. The molecule has 0 radical (unpaired) electrons. The minimum Gasteiger partial charge on any atom is -0.398 e. The summed E-state index contributed by atoms with van der Waals surface area (Å²) in [6, 6.07) is 56.3. The van der Waals surface area contributed by atoms with Gasteiger partial charge in [0, 0.05) is 36.2 Å². The molecule has 0 fully saturated rings. The molecule has 0 amide bonds. The quantitative estimate of drug-likeness (QED) is 0.153. The Morgan fingerprint density at radius 2 is 1.23 bits per heavy atom. The van der Waals surface area contributed by atoms with Gasteiger partial charge in [-0.2, -0.15) is 0 Å². The van der Waals surface area contributed by atoms with Crippen LogP contribution in [-0.4, -0.2) is 11.9 Å². The highest BCUT2D eigenvalue weighted by molar-refractivity contribution is 6.03. The highest BCUT2D eigenvalue weighted by Crippen LogP contribution is 2.32. The second kappa shape index (κ2) is 14.9. The molecule has 3 heteroatoms. The van der Waals surface area contributed by atoms with Gasteiger partial charge >= 0.3 is 0 Å². The maximum Gasteiger partial charge on any atom is 0.0724 e. The van der Waals surface area contributed by atoms with Crippen LogP contribution < -0.4 is 5.73 Å². The summed E-state index contributed by atoms with van der Waals surface area (Å²) in [5.74, 6) is 0.308. The molecule has 0 saturated heterocycles. The Balaban J connectivity index is 1.09. The van der Waals surface area contributed by atoms with E-state index in [1.807, 2.05) is 12.4 Å². The molecule has 7 aromatic rings. The summed E-state index contributed by atoms with van der Waals surface area (Å²) in [4.78, 5) is 9.68. The predicted octanol–water partition coefficient (Wildman–Crippen LogP) is 12.3. The van der Waals surface area contributed by atoms with Crippen LogP contribution in [0, 0.1) is 0 Å². The van der Waals surface area contributed by atoms with Crippen LogP contribution in [0.3, 0.4) is 0 Å². The Kier molecular flexibility index (Phi) is 9.41. The third kappa shape index (κ3) is 6.99. The number of fused-ring (bicyclic) bond motifs is 2. The summed E-state index contributed by atoms with van der Waals surface area (Å²) in [5, 5.41) is 5.00. The van der Waals surface area contributed by atoms with E-state index in [2.05, 4.69) is 182 Å². The second-order valence-corrected chi connectivity index (χ2v) is 13.5. The average molecular weight is 672 g/mol. The Labute approximate surface area is 306 Å². The Morgan fingerprint density at radius 3 is 1.83 bits per heavy atom. The van der Waals surface area contributed by atoms with Crippen LogP contribution >= 0.6 is 0 Å². The lowest BCUT2D eigenvalue weighted by atomic mass is 9.94. The molecule has 2 N–H and O–H groups in total. The maximum absolute atomic E-state index is 6.72. The lowest BCUT2D eigenvalue weighted by Crippen LogP contribution is -2.06. The summed E-state index contributed by atoms with van der Waals surface area (Å²) >= 11 is 0. The summed E-state index contributed by atoms with van der Waals surface area (Å²) in [5.41, 5.74) is 17.8. The maximum atomic E-state index is 6.72. The van der Waals surface area contributed by atoms with Gasteiger partial charge in [-0.3, -0.25) is 9.98 Å². The van der Waals surface area contributed by atoms with Gasteiger partial charge in [-0.25, -0.2) is 0 Å². The van der Waals surface area contributed by atoms with E-state index >= 15 is 0 Å². The fraction of sp³-hybridized carbons (Fsp3) is 0.102. The van der Waals surface area contributed by atoms with E-state index in [-0.39, 0.29) is 6.04 Å². The highest BCUT2D eigenvalue weighted by Gasteiger charge is 2.13. The third-order valence-corrected chi connectivity index (χ3v) is 10.2. The van der Waals surface area contributed by atoms with Gasteiger partial charge in [-0.1, -0.05) is 170 Å². The molecule has 252 valence electrons. The zero-order chi connectivity index (χ0) is 35.3. The number of nitrogens with zero attached hydrogens (tertiary/aromatic N) is 2. The lowest BCUT2D eigenvalue weighted by Gasteiger charge is -2.14. The van der Waals surface area contributed by atoms with E-state index in [0.29, 0.717) is 12.3 Å². The Morgan fingerprint density at radius 1 is 0.673 bits per heavy atom. The first-order valence-electron chi connectivity index (χ1n) is 18.1. The predicted molar refractivity (Wildman–Crippen MR) is 222 cm³/mol. The molecule has 2 atom stereocenters. The van der Waals surface area contributed by atoms with Crippen molar-refractivity contribution in [3.05, 3.63) is 198 Å². The van der Waals surface area contributed by atoms with Crippen molar-refractivity contribution in [1.29, 1.82) is 0 Å². The smallest absolute Gasteiger partial charge is 0.0724 e. The molecule has 1 aliphatic rings. The van der Waals surface area contributed by atoms with Crippen LogP contribution in [0.25, 0.3) is 49.5 Å². The van der Waals surface area contributed by atoms with Crippen molar-refractivity contribution < 1.29 is 0 Å². The first kappa shape index (κ1) is 32.9. The summed E-state index contributed by atoms with van der Waals surface area (Å²) in [6.07, 6.45) is 9.68. The molecule has 0 spiro atoms. The lowest BCUT2D eigenvalue weighted by molar-refractivity contribution is 0.817. The Bertz CT molecular complexity index is 2460. The molecule has 1 heterocycles. The van der Waals surface area contributed by atoms with Crippen molar-refractivity contribution >= 4 is 39.2 Å². The van der Waals surface area contributed by atoms with E-state index in [9.17, 15) is 0 Å². The first-order chi connectivity index (χ1) is 25.6. The molecular weight excluding hydrogens is 631 g/mol. The number of nitrogens with two attached hydrogens (primary N) is 1. The van der Waals surface area contributed by atoms with E-state index in [1.165, 1.54) is 54.9 Å². The fourth-order valence-electron chi connectivity index (χ4n) is 7.24. The van der Waals surface area contributed by atoms with E-state index in [4.69, 9.17) is 10.7 Å². The van der Waals surface area contributed by atoms with Crippen molar-refractivity contribution in [2.45, 2.75) is 31.7 Å². The largest absolute Gasteiger partial charge is 0.398 e. The Hall–Kier alpha value is -6.32. The van der Waals surface area contributed by atoms with E-state index in [0.717, 1.165) is 29.0 Å². The van der Waals surface area contributed by atoms with Gasteiger partial charge in [0.05, 0.1) is 6.04 Å². The summed E-state index contributed by atoms with van der Waals surface area (Å²) in [6.45, 7) is 2.17. The number of aliphatic imine (C=N–C) groups is 2. The minimum atomic E-state index is -0.0468. The SMILES string of the molecule is CC(/N=C(\C/C=C(\N)c1ccc([C@H]2C=NC=CC2)cc1)c1ccc(-c2cccc3ccccc23)cc1)c1ccc(-c2cccc3ccccc23)cc1. The van der Waals surface area contributed by atoms with Crippen molar-refractivity contribution in [3.8, 4) is 22.3 Å². The summed E-state index contributed by atoms with van der Waals surface area (Å²) in [7, 11) is 0. The minimum absolute atomic E-state index is 0.0468. The van der Waals surface area contributed by atoms with Gasteiger partial charge in [0.15, 0.2) is 0 Å². The third-order valence-electron chi connectivity index (χ3n) is 10.2. The molecule has 0 aliphatic carbocycles. The van der Waals surface area contributed by atoms with Crippen molar-refractivity contribution in [3.63, 3.8) is 0 Å². The summed E-state index contributed by atoms with van der Waals surface area (Å²) < 4.78 is 0. The zero-order valence-electron chi connectivity index (χ0n) is 29.4. The first-order valence-corrected chi connectivity index (χ1v) is 18.1. The van der Waals surface area contributed by atoms with E-state index in [1.54, 1.807) is 0 Å². The standard InChI is InChI=1S/C49H41N3/c1-34(35-18-22-39(23-19-35)46-16-6-11-37-9-2-4-14-44(37)46)52-49(31-30-48(50)41-26-20-36(21-27-41)43-13-8-32-51-33-43)42-28-24-40(25-29-42)47-17-7-12-38-10-3-5-15-45(38)47/h2-12,14-30,32-34,43H,13,31,50H2,1H3/b48-30-,52-49+/t34?,43-/m1/s1. The number of allylic oxidation sites excluding steroid dienone is 2. The second-order valence-electron chi connectivity index (χ2n) is 13.5. The number of hydrogen-bond acceptors (Lipinski definition) is 3. The van der Waals surface area contributed by atoms with Gasteiger partial charge in [0.1, 0.15) is 0 Å². The molecular formula is C49H41N3. The topological polar surface area (TPSA) is 50.7 Å². The van der Waals surface area contributed by atoms with E-state index < -0.39 is 0 Å². The fourth-order valence-corrected chi connectivity index (χ4v) is 7.24. The molecule has 1 aliphatic heterocycles. The molecule has 8 rings (SSSR count). The molecule has 7 aromatic carbocycles. The average Bonchev–Trinajstić information content (AvgIpc) is 3.22. The van der Waals surface area contributed by atoms with Gasteiger partial charge in [-0.05, 0) is 79.4 Å². The van der Waals surface area contributed by atoms with Crippen LogP contribution in [0.4, 0.5) is 0 Å². The van der Waals surface area contributed by atoms with Crippen LogP contribution in [-0.2, 0) is 0 Å². The van der Waals surface area contributed by atoms with Crippen LogP contribution in [0.15, 0.2) is 186 Å². The molecule has 1 unspecified atom stereocenters. The monoisotopic (exact) mass is 671 g/mol. The molecule has 0 aromatic heterocycles. The van der Waals surface area contributed by atoms with Crippen LogP contribution in [0.5, 0.6) is 0 Å². The van der Waals surface area contributed by atoms with Crippen molar-refractivity contribution in [2.75, 3.05) is 0 Å². The zero-order valence-corrected chi connectivity index (χ0v) is 29.4. The van der Waals surface area contributed by atoms with Crippen molar-refractivity contribution in [2.24, 2.45) is 15.7 Å².